The zero-order valence-corrected chi connectivity index (χ0v) is 17.2. The Morgan fingerprint density at radius 1 is 0.781 bits per heavy atom. The van der Waals surface area contributed by atoms with Gasteiger partial charge in [0.15, 0.2) is 0 Å². The van der Waals surface area contributed by atoms with E-state index in [1.807, 2.05) is 89.8 Å². The molecule has 32 heavy (non-hydrogen) atoms. The molecule has 2 aliphatic rings. The second-order valence-corrected chi connectivity index (χ2v) is 8.25. The van der Waals surface area contributed by atoms with Crippen molar-refractivity contribution in [2.75, 3.05) is 11.5 Å². The SMILES string of the molecule is O=C1N(C(c2ccccc2)c2ccccc2)c2ccccc2C12COc1ccc(F)cc12. The van der Waals surface area contributed by atoms with E-state index in [4.69, 9.17) is 4.74 Å². The molecular formula is C28H20FNO2. The van der Waals surface area contributed by atoms with Crippen LogP contribution in [0.5, 0.6) is 5.75 Å². The molecule has 0 N–H and O–H groups in total. The van der Waals surface area contributed by atoms with Crippen molar-refractivity contribution in [1.29, 1.82) is 0 Å². The highest BCUT2D eigenvalue weighted by molar-refractivity contribution is 6.12. The second kappa shape index (κ2) is 7.06. The number of hydrogen-bond donors (Lipinski definition) is 0. The van der Waals surface area contributed by atoms with Crippen molar-refractivity contribution in [2.45, 2.75) is 11.5 Å². The number of benzene rings is 4. The van der Waals surface area contributed by atoms with Crippen molar-refractivity contribution in [3.63, 3.8) is 0 Å². The molecular weight excluding hydrogens is 401 g/mol. The van der Waals surface area contributed by atoms with Gasteiger partial charge in [-0.3, -0.25) is 9.69 Å². The van der Waals surface area contributed by atoms with Gasteiger partial charge in [-0.25, -0.2) is 4.39 Å². The summed E-state index contributed by atoms with van der Waals surface area (Å²) in [5.74, 6) is 0.0909. The van der Waals surface area contributed by atoms with E-state index < -0.39 is 5.41 Å². The molecule has 0 aliphatic carbocycles. The maximum absolute atomic E-state index is 14.4. The van der Waals surface area contributed by atoms with Crippen molar-refractivity contribution in [2.24, 2.45) is 0 Å². The van der Waals surface area contributed by atoms with Crippen LogP contribution in [0.3, 0.4) is 0 Å². The smallest absolute Gasteiger partial charge is 0.246 e. The minimum Gasteiger partial charge on any atom is -0.491 e. The van der Waals surface area contributed by atoms with Crippen LogP contribution in [0.1, 0.15) is 28.3 Å². The maximum atomic E-state index is 14.4. The zero-order chi connectivity index (χ0) is 21.7. The van der Waals surface area contributed by atoms with Crippen LogP contribution in [-0.4, -0.2) is 12.5 Å². The summed E-state index contributed by atoms with van der Waals surface area (Å²) in [5, 5.41) is 0. The Bertz CT molecular complexity index is 1280. The molecule has 1 spiro atoms. The quantitative estimate of drug-likeness (QED) is 0.428. The van der Waals surface area contributed by atoms with Crippen LogP contribution in [-0.2, 0) is 10.2 Å². The van der Waals surface area contributed by atoms with Crippen LogP contribution in [0, 0.1) is 5.82 Å². The molecule has 0 saturated heterocycles. The maximum Gasteiger partial charge on any atom is 0.246 e. The van der Waals surface area contributed by atoms with Gasteiger partial charge >= 0.3 is 0 Å². The first kappa shape index (κ1) is 18.8. The Kier molecular flexibility index (Phi) is 4.15. The minimum atomic E-state index is -1.06. The first-order valence-corrected chi connectivity index (χ1v) is 10.7. The molecule has 2 aliphatic heterocycles. The standard InChI is InChI=1S/C28H20FNO2/c29-21-15-16-25-23(17-21)28(18-32-25)22-13-7-8-14-24(22)30(27(28)31)26(19-9-3-1-4-10-19)20-11-5-2-6-12-20/h1-17,26H,18H2. The Morgan fingerprint density at radius 2 is 1.41 bits per heavy atom. The molecule has 4 aromatic carbocycles. The van der Waals surface area contributed by atoms with Crippen molar-refractivity contribution in [3.05, 3.63) is 131 Å². The van der Waals surface area contributed by atoms with Gasteiger partial charge in [-0.2, -0.15) is 0 Å². The molecule has 1 amide bonds. The van der Waals surface area contributed by atoms with E-state index in [0.717, 1.165) is 22.4 Å². The fourth-order valence-electron chi connectivity index (χ4n) is 5.12. The van der Waals surface area contributed by atoms with Gasteiger partial charge in [0, 0.05) is 11.3 Å². The Labute approximate surface area is 185 Å². The van der Waals surface area contributed by atoms with Crippen molar-refractivity contribution < 1.29 is 13.9 Å². The van der Waals surface area contributed by atoms with Crippen molar-refractivity contribution in [3.8, 4) is 5.75 Å². The number of ether oxygens (including phenoxy) is 1. The molecule has 156 valence electrons. The molecule has 0 fully saturated rings. The Hall–Kier alpha value is -3.92. The number of amides is 1. The molecule has 4 aromatic rings. The van der Waals surface area contributed by atoms with E-state index in [-0.39, 0.29) is 24.4 Å². The topological polar surface area (TPSA) is 29.5 Å². The van der Waals surface area contributed by atoms with Gasteiger partial charge in [0.05, 0.1) is 6.04 Å². The highest BCUT2D eigenvalue weighted by atomic mass is 19.1. The summed E-state index contributed by atoms with van der Waals surface area (Å²) in [7, 11) is 0. The summed E-state index contributed by atoms with van der Waals surface area (Å²) >= 11 is 0. The third kappa shape index (κ3) is 2.56. The first-order valence-electron chi connectivity index (χ1n) is 10.7. The molecule has 0 aromatic heterocycles. The van der Waals surface area contributed by atoms with E-state index >= 15 is 0 Å². The number of nitrogens with zero attached hydrogens (tertiary/aromatic N) is 1. The highest BCUT2D eigenvalue weighted by Crippen LogP contribution is 2.54. The lowest BCUT2D eigenvalue weighted by molar-refractivity contribution is -0.122. The van der Waals surface area contributed by atoms with Gasteiger partial charge in [-0.1, -0.05) is 78.9 Å². The largest absolute Gasteiger partial charge is 0.491 e. The second-order valence-electron chi connectivity index (χ2n) is 8.25. The Morgan fingerprint density at radius 3 is 2.09 bits per heavy atom. The molecule has 1 atom stereocenters. The zero-order valence-electron chi connectivity index (χ0n) is 17.2. The van der Waals surface area contributed by atoms with E-state index in [9.17, 15) is 9.18 Å². The number of rotatable bonds is 3. The average molecular weight is 421 g/mol. The third-order valence-corrected chi connectivity index (χ3v) is 6.54. The number of fused-ring (bicyclic) bond motifs is 4. The van der Waals surface area contributed by atoms with E-state index in [0.29, 0.717) is 11.3 Å². The molecule has 3 nitrogen and oxygen atoms in total. The van der Waals surface area contributed by atoms with Gasteiger partial charge in [0.25, 0.3) is 0 Å². The molecule has 0 bridgehead atoms. The van der Waals surface area contributed by atoms with Gasteiger partial charge in [0.2, 0.25) is 5.91 Å². The number of anilines is 1. The third-order valence-electron chi connectivity index (χ3n) is 6.54. The number of para-hydroxylation sites is 1. The van der Waals surface area contributed by atoms with E-state index in [1.54, 1.807) is 6.07 Å². The van der Waals surface area contributed by atoms with Crippen LogP contribution in [0.15, 0.2) is 103 Å². The molecule has 1 unspecified atom stereocenters. The fourth-order valence-corrected chi connectivity index (χ4v) is 5.12. The van der Waals surface area contributed by atoms with Gasteiger partial charge < -0.3 is 4.74 Å². The van der Waals surface area contributed by atoms with Crippen molar-refractivity contribution >= 4 is 11.6 Å². The molecule has 6 rings (SSSR count). The number of halogens is 1. The summed E-state index contributed by atoms with van der Waals surface area (Å²) in [6.07, 6.45) is 0. The van der Waals surface area contributed by atoms with Gasteiger partial charge in [-0.05, 0) is 41.0 Å². The molecule has 4 heteroatoms. The number of carbonyl (C=O) groups excluding carboxylic acids is 1. The number of hydrogen-bond acceptors (Lipinski definition) is 2. The lowest BCUT2D eigenvalue weighted by Crippen LogP contribution is -2.44. The first-order chi connectivity index (χ1) is 15.7. The van der Waals surface area contributed by atoms with E-state index in [1.165, 1.54) is 12.1 Å². The van der Waals surface area contributed by atoms with Crippen molar-refractivity contribution in [1.82, 2.24) is 0 Å². The summed E-state index contributed by atoms with van der Waals surface area (Å²) < 4.78 is 20.3. The minimum absolute atomic E-state index is 0.0965. The lowest BCUT2D eigenvalue weighted by atomic mass is 9.77. The van der Waals surface area contributed by atoms with Crippen LogP contribution >= 0.6 is 0 Å². The van der Waals surface area contributed by atoms with E-state index in [2.05, 4.69) is 0 Å². The lowest BCUT2D eigenvalue weighted by Gasteiger charge is -2.31. The summed E-state index contributed by atoms with van der Waals surface area (Å²) in [5.41, 5.74) is 3.24. The summed E-state index contributed by atoms with van der Waals surface area (Å²) in [6.45, 7) is 0.161. The predicted molar refractivity (Wildman–Crippen MR) is 121 cm³/mol. The monoisotopic (exact) mass is 421 g/mol. The number of carbonyl (C=O) groups is 1. The Balaban J connectivity index is 1.60. The molecule has 0 saturated carbocycles. The fraction of sp³-hybridized carbons (Fsp3) is 0.107. The molecule has 2 heterocycles. The predicted octanol–water partition coefficient (Wildman–Crippen LogP) is 5.64. The van der Waals surface area contributed by atoms with Crippen LogP contribution in [0.25, 0.3) is 0 Å². The average Bonchev–Trinajstić information content (AvgIpc) is 3.33. The van der Waals surface area contributed by atoms with Gasteiger partial charge in [0.1, 0.15) is 23.6 Å². The van der Waals surface area contributed by atoms with Crippen LogP contribution in [0.4, 0.5) is 10.1 Å². The molecule has 0 radical (unpaired) electrons. The summed E-state index contributed by atoms with van der Waals surface area (Å²) in [6, 6.07) is 31.9. The van der Waals surface area contributed by atoms with Crippen LogP contribution in [0.2, 0.25) is 0 Å². The summed E-state index contributed by atoms with van der Waals surface area (Å²) in [4.78, 5) is 16.2. The van der Waals surface area contributed by atoms with Gasteiger partial charge in [-0.15, -0.1) is 0 Å². The normalized spacial score (nSPS) is 18.7. The highest BCUT2D eigenvalue weighted by Gasteiger charge is 2.58. The van der Waals surface area contributed by atoms with Crippen LogP contribution < -0.4 is 9.64 Å².